The molecule has 1 atom stereocenters. The van der Waals surface area contributed by atoms with Crippen LogP contribution in [0.4, 0.5) is 11.5 Å². The molecule has 1 aromatic carbocycles. The molecule has 1 aromatic heterocycles. The fourth-order valence-electron chi connectivity index (χ4n) is 2.51. The molecule has 2 heterocycles. The number of hydrogen-bond donors (Lipinski definition) is 2. The number of carbonyl (C=O) groups excluding carboxylic acids is 1. The van der Waals surface area contributed by atoms with Crippen molar-refractivity contribution in [3.05, 3.63) is 42.4 Å². The van der Waals surface area contributed by atoms with Crippen molar-refractivity contribution in [2.75, 3.05) is 29.2 Å². The Morgan fingerprint density at radius 3 is 2.52 bits per heavy atom. The maximum absolute atomic E-state index is 12.2. The molecule has 0 spiro atoms. The molecule has 132 valence electrons. The highest BCUT2D eigenvalue weighted by Gasteiger charge is 2.27. The highest BCUT2D eigenvalue weighted by molar-refractivity contribution is 7.91. The van der Waals surface area contributed by atoms with E-state index in [0.717, 1.165) is 0 Å². The van der Waals surface area contributed by atoms with E-state index in [-0.39, 0.29) is 29.1 Å². The van der Waals surface area contributed by atoms with Crippen LogP contribution in [0.15, 0.2) is 36.7 Å². The topological polar surface area (TPSA) is 110 Å². The molecule has 1 amide bonds. The molecule has 1 fully saturated rings. The van der Waals surface area contributed by atoms with E-state index in [4.69, 9.17) is 4.74 Å². The summed E-state index contributed by atoms with van der Waals surface area (Å²) < 4.78 is 28.0. The first-order valence-corrected chi connectivity index (χ1v) is 9.52. The number of rotatable bonds is 5. The van der Waals surface area contributed by atoms with Gasteiger partial charge in [-0.1, -0.05) is 0 Å². The number of aromatic nitrogens is 2. The van der Waals surface area contributed by atoms with Crippen LogP contribution < -0.4 is 15.4 Å². The highest BCUT2D eigenvalue weighted by Crippen LogP contribution is 2.17. The van der Waals surface area contributed by atoms with Gasteiger partial charge >= 0.3 is 0 Å². The standard InChI is InChI=1S/C16H18N4O4S/c1-24-13-4-2-11(3-5-13)20-16(21)14-8-18-15(9-17-14)19-12-6-7-25(22,23)10-12/h2-5,8-9,12H,6-7,10H2,1H3,(H,18,19)(H,20,21). The maximum Gasteiger partial charge on any atom is 0.275 e. The minimum atomic E-state index is -2.96. The average molecular weight is 362 g/mol. The van der Waals surface area contributed by atoms with Crippen LogP contribution in [0, 0.1) is 0 Å². The SMILES string of the molecule is COc1ccc(NC(=O)c2cnc(NC3CCS(=O)(=O)C3)cn2)cc1. The van der Waals surface area contributed by atoms with E-state index in [1.54, 1.807) is 31.4 Å². The summed E-state index contributed by atoms with van der Waals surface area (Å²) in [5, 5.41) is 5.74. The molecule has 1 unspecified atom stereocenters. The van der Waals surface area contributed by atoms with Crippen molar-refractivity contribution in [3.8, 4) is 5.75 Å². The number of methoxy groups -OCH3 is 1. The largest absolute Gasteiger partial charge is 0.497 e. The van der Waals surface area contributed by atoms with Crippen molar-refractivity contribution in [1.29, 1.82) is 0 Å². The summed E-state index contributed by atoms with van der Waals surface area (Å²) in [7, 11) is -1.39. The summed E-state index contributed by atoms with van der Waals surface area (Å²) in [5.74, 6) is 1.03. The van der Waals surface area contributed by atoms with E-state index >= 15 is 0 Å². The second kappa shape index (κ2) is 7.06. The van der Waals surface area contributed by atoms with E-state index in [2.05, 4.69) is 20.6 Å². The molecule has 0 aliphatic carbocycles. The summed E-state index contributed by atoms with van der Waals surface area (Å²) in [6.07, 6.45) is 3.32. The molecule has 0 radical (unpaired) electrons. The number of anilines is 2. The number of carbonyl (C=O) groups is 1. The number of hydrogen-bond acceptors (Lipinski definition) is 7. The van der Waals surface area contributed by atoms with Crippen LogP contribution in [0.5, 0.6) is 5.75 Å². The number of nitrogens with zero attached hydrogens (tertiary/aromatic N) is 2. The van der Waals surface area contributed by atoms with Crippen LogP contribution in [0.25, 0.3) is 0 Å². The summed E-state index contributed by atoms with van der Waals surface area (Å²) in [6.45, 7) is 0. The van der Waals surface area contributed by atoms with E-state index in [0.29, 0.717) is 23.7 Å². The van der Waals surface area contributed by atoms with Gasteiger partial charge in [-0.25, -0.2) is 18.4 Å². The zero-order valence-corrected chi connectivity index (χ0v) is 14.4. The molecule has 3 rings (SSSR count). The Labute approximate surface area is 145 Å². The van der Waals surface area contributed by atoms with Crippen molar-refractivity contribution in [1.82, 2.24) is 9.97 Å². The number of sulfone groups is 1. The predicted molar refractivity (Wildman–Crippen MR) is 93.7 cm³/mol. The summed E-state index contributed by atoms with van der Waals surface area (Å²) in [4.78, 5) is 20.4. The Kier molecular flexibility index (Phi) is 4.84. The molecule has 0 saturated carbocycles. The van der Waals surface area contributed by atoms with E-state index in [9.17, 15) is 13.2 Å². The van der Waals surface area contributed by atoms with Gasteiger partial charge in [-0.15, -0.1) is 0 Å². The normalized spacial score (nSPS) is 18.5. The summed E-state index contributed by atoms with van der Waals surface area (Å²) in [6, 6.07) is 6.76. The lowest BCUT2D eigenvalue weighted by Gasteiger charge is -2.11. The van der Waals surface area contributed by atoms with Crippen molar-refractivity contribution in [3.63, 3.8) is 0 Å². The van der Waals surface area contributed by atoms with Gasteiger partial charge < -0.3 is 15.4 Å². The van der Waals surface area contributed by atoms with Crippen LogP contribution in [0.1, 0.15) is 16.9 Å². The lowest BCUT2D eigenvalue weighted by Crippen LogP contribution is -2.22. The van der Waals surface area contributed by atoms with E-state index in [1.165, 1.54) is 12.4 Å². The van der Waals surface area contributed by atoms with Gasteiger partial charge in [0.25, 0.3) is 5.91 Å². The van der Waals surface area contributed by atoms with Gasteiger partial charge in [-0.3, -0.25) is 4.79 Å². The Morgan fingerprint density at radius 1 is 1.20 bits per heavy atom. The zero-order valence-electron chi connectivity index (χ0n) is 13.6. The number of ether oxygens (including phenoxy) is 1. The Morgan fingerprint density at radius 2 is 1.96 bits per heavy atom. The van der Waals surface area contributed by atoms with Gasteiger partial charge in [0.2, 0.25) is 0 Å². The van der Waals surface area contributed by atoms with Crippen molar-refractivity contribution < 1.29 is 17.9 Å². The Hall–Kier alpha value is -2.68. The number of amides is 1. The summed E-state index contributed by atoms with van der Waals surface area (Å²) in [5.41, 5.74) is 0.784. The van der Waals surface area contributed by atoms with E-state index in [1.807, 2.05) is 0 Å². The van der Waals surface area contributed by atoms with Crippen molar-refractivity contribution in [2.24, 2.45) is 0 Å². The van der Waals surface area contributed by atoms with Gasteiger partial charge in [0.1, 0.15) is 17.3 Å². The first-order valence-electron chi connectivity index (χ1n) is 7.69. The van der Waals surface area contributed by atoms with Crippen LogP contribution in [-0.2, 0) is 9.84 Å². The van der Waals surface area contributed by atoms with Crippen molar-refractivity contribution in [2.45, 2.75) is 12.5 Å². The monoisotopic (exact) mass is 362 g/mol. The Balaban J connectivity index is 1.60. The fraction of sp³-hybridized carbons (Fsp3) is 0.312. The molecule has 8 nitrogen and oxygen atoms in total. The molecular formula is C16H18N4O4S. The lowest BCUT2D eigenvalue weighted by molar-refractivity contribution is 0.102. The molecular weight excluding hydrogens is 344 g/mol. The highest BCUT2D eigenvalue weighted by atomic mass is 32.2. The first-order chi connectivity index (χ1) is 11.9. The molecule has 25 heavy (non-hydrogen) atoms. The number of benzene rings is 1. The predicted octanol–water partition coefficient (Wildman–Crippen LogP) is 1.34. The third-order valence-corrected chi connectivity index (χ3v) is 5.58. The van der Waals surface area contributed by atoms with Crippen LogP contribution in [0.3, 0.4) is 0 Å². The van der Waals surface area contributed by atoms with Crippen LogP contribution >= 0.6 is 0 Å². The lowest BCUT2D eigenvalue weighted by atomic mass is 10.2. The van der Waals surface area contributed by atoms with Gasteiger partial charge in [-0.2, -0.15) is 0 Å². The van der Waals surface area contributed by atoms with E-state index < -0.39 is 9.84 Å². The zero-order chi connectivity index (χ0) is 17.9. The van der Waals surface area contributed by atoms with Gasteiger partial charge in [0.15, 0.2) is 9.84 Å². The third-order valence-electron chi connectivity index (χ3n) is 3.82. The molecule has 1 saturated heterocycles. The van der Waals surface area contributed by atoms with Gasteiger partial charge in [0.05, 0.1) is 31.0 Å². The van der Waals surface area contributed by atoms with Crippen LogP contribution in [0.2, 0.25) is 0 Å². The van der Waals surface area contributed by atoms with Crippen molar-refractivity contribution >= 4 is 27.2 Å². The second-order valence-corrected chi connectivity index (χ2v) is 7.94. The minimum absolute atomic E-state index is 0.0917. The van der Waals surface area contributed by atoms with Crippen LogP contribution in [-0.4, -0.2) is 49.0 Å². The fourth-order valence-corrected chi connectivity index (χ4v) is 4.18. The minimum Gasteiger partial charge on any atom is -0.497 e. The van der Waals surface area contributed by atoms with Gasteiger partial charge in [-0.05, 0) is 30.7 Å². The second-order valence-electron chi connectivity index (χ2n) is 5.71. The third kappa shape index (κ3) is 4.44. The molecule has 2 aromatic rings. The maximum atomic E-state index is 12.2. The number of nitrogens with one attached hydrogen (secondary N) is 2. The molecule has 1 aliphatic heterocycles. The molecule has 2 N–H and O–H groups in total. The molecule has 9 heteroatoms. The van der Waals surface area contributed by atoms with Gasteiger partial charge in [0, 0.05) is 11.7 Å². The quantitative estimate of drug-likeness (QED) is 0.826. The molecule has 0 bridgehead atoms. The first kappa shape index (κ1) is 17.2. The smallest absolute Gasteiger partial charge is 0.275 e. The summed E-state index contributed by atoms with van der Waals surface area (Å²) >= 11 is 0. The average Bonchev–Trinajstić information content (AvgIpc) is 2.94. The molecule has 1 aliphatic rings. The Bertz CT molecular complexity index is 851.